The summed E-state index contributed by atoms with van der Waals surface area (Å²) in [6.07, 6.45) is -1.61. The van der Waals surface area contributed by atoms with E-state index in [2.05, 4.69) is 16.7 Å². The van der Waals surface area contributed by atoms with E-state index in [9.17, 15) is 13.2 Å². The lowest BCUT2D eigenvalue weighted by atomic mass is 10.00. The number of alkyl halides is 3. The van der Waals surface area contributed by atoms with Crippen LogP contribution >= 0.6 is 0 Å². The van der Waals surface area contributed by atoms with Crippen LogP contribution in [0, 0.1) is 5.92 Å². The summed E-state index contributed by atoms with van der Waals surface area (Å²) >= 11 is 0. The van der Waals surface area contributed by atoms with E-state index >= 15 is 0 Å². The van der Waals surface area contributed by atoms with E-state index in [1.54, 1.807) is 0 Å². The number of nitrogens with zero attached hydrogens (tertiary/aromatic N) is 2. The Hall–Kier alpha value is -0.980. The van der Waals surface area contributed by atoms with E-state index < -0.39 is 12.8 Å². The molecule has 0 unspecified atom stereocenters. The van der Waals surface area contributed by atoms with Crippen molar-refractivity contribution in [1.82, 2.24) is 4.90 Å². The summed E-state index contributed by atoms with van der Waals surface area (Å²) in [5.74, 6) is 1.21. The van der Waals surface area contributed by atoms with Crippen molar-refractivity contribution in [2.24, 2.45) is 16.6 Å². The molecule has 1 saturated heterocycles. The molecule has 0 radical (unpaired) electrons. The molecule has 1 fully saturated rings. The number of guanidine groups is 1. The molecule has 0 bridgehead atoms. The number of piperidine rings is 1. The molecule has 0 aliphatic carbocycles. The molecule has 0 atom stereocenters. The molecule has 2 N–H and O–H groups in total. The highest BCUT2D eigenvalue weighted by Crippen LogP contribution is 2.15. The lowest BCUT2D eigenvalue weighted by molar-refractivity contribution is -0.173. The summed E-state index contributed by atoms with van der Waals surface area (Å²) in [5.41, 5.74) is 5.83. The summed E-state index contributed by atoms with van der Waals surface area (Å²) in [6, 6.07) is 0. The second-order valence-electron chi connectivity index (χ2n) is 4.93. The minimum absolute atomic E-state index is 0.0489. The van der Waals surface area contributed by atoms with Crippen molar-refractivity contribution in [1.29, 1.82) is 0 Å². The van der Waals surface area contributed by atoms with Crippen LogP contribution in [0.25, 0.3) is 0 Å². The lowest BCUT2D eigenvalue weighted by Crippen LogP contribution is -2.42. The monoisotopic (exact) mass is 281 g/mol. The number of ether oxygens (including phenoxy) is 1. The third-order valence-corrected chi connectivity index (χ3v) is 3.09. The Morgan fingerprint density at radius 1 is 1.37 bits per heavy atom. The lowest BCUT2D eigenvalue weighted by Gasteiger charge is -2.31. The number of likely N-dealkylation sites (tertiary alicyclic amines) is 1. The standard InChI is InChI=1S/C12H22F3N3O/c1-10-3-6-18(7-4-10)11(16)17-5-2-8-19-9-12(13,14)15/h10H,2-9H2,1H3,(H2,16,17). The first-order valence-corrected chi connectivity index (χ1v) is 6.58. The SMILES string of the molecule is CC1CCN(C(N)=NCCCOCC(F)(F)F)CC1. The molecule has 1 rings (SSSR count). The molecule has 112 valence electrons. The number of hydrogen-bond donors (Lipinski definition) is 1. The Bertz CT molecular complexity index is 286. The van der Waals surface area contributed by atoms with Gasteiger partial charge in [0, 0.05) is 26.2 Å². The third-order valence-electron chi connectivity index (χ3n) is 3.09. The first-order chi connectivity index (χ1) is 8.88. The second kappa shape index (κ2) is 7.57. The van der Waals surface area contributed by atoms with Crippen LogP contribution in [0.15, 0.2) is 4.99 Å². The predicted octanol–water partition coefficient (Wildman–Crippen LogP) is 2.00. The van der Waals surface area contributed by atoms with Gasteiger partial charge in [-0.15, -0.1) is 0 Å². The van der Waals surface area contributed by atoms with Crippen LogP contribution in [-0.2, 0) is 4.74 Å². The fourth-order valence-electron chi connectivity index (χ4n) is 1.89. The van der Waals surface area contributed by atoms with Crippen LogP contribution in [0.1, 0.15) is 26.2 Å². The molecule has 0 saturated carbocycles. The van der Waals surface area contributed by atoms with Crippen molar-refractivity contribution < 1.29 is 17.9 Å². The highest BCUT2D eigenvalue weighted by atomic mass is 19.4. The summed E-state index contributed by atoms with van der Waals surface area (Å²) in [5, 5.41) is 0. The van der Waals surface area contributed by atoms with Gasteiger partial charge in [-0.1, -0.05) is 6.92 Å². The quantitative estimate of drug-likeness (QED) is 0.476. The molecule has 0 amide bonds. The van der Waals surface area contributed by atoms with Gasteiger partial charge in [-0.25, -0.2) is 0 Å². The van der Waals surface area contributed by atoms with Crippen molar-refractivity contribution >= 4 is 5.96 Å². The van der Waals surface area contributed by atoms with Crippen LogP contribution in [0.2, 0.25) is 0 Å². The van der Waals surface area contributed by atoms with Gasteiger partial charge < -0.3 is 15.4 Å². The molecule has 7 heteroatoms. The minimum atomic E-state index is -4.26. The Labute approximate surface area is 111 Å². The summed E-state index contributed by atoms with van der Waals surface area (Å²) in [4.78, 5) is 6.19. The van der Waals surface area contributed by atoms with Gasteiger partial charge >= 0.3 is 6.18 Å². The Kier molecular flexibility index (Phi) is 6.41. The molecule has 1 aliphatic rings. The number of halogens is 3. The minimum Gasteiger partial charge on any atom is -0.372 e. The molecule has 4 nitrogen and oxygen atoms in total. The van der Waals surface area contributed by atoms with Gasteiger partial charge in [0.1, 0.15) is 6.61 Å². The molecule has 19 heavy (non-hydrogen) atoms. The van der Waals surface area contributed by atoms with E-state index in [1.165, 1.54) is 0 Å². The van der Waals surface area contributed by atoms with Crippen LogP contribution in [-0.4, -0.2) is 49.9 Å². The van der Waals surface area contributed by atoms with Crippen molar-refractivity contribution in [3.8, 4) is 0 Å². The molecule has 0 aromatic heterocycles. The van der Waals surface area contributed by atoms with Gasteiger partial charge in [0.2, 0.25) is 0 Å². The van der Waals surface area contributed by atoms with Gasteiger partial charge in [0.05, 0.1) is 0 Å². The maximum absolute atomic E-state index is 11.8. The Balaban J connectivity index is 2.11. The molecule has 0 aromatic rings. The van der Waals surface area contributed by atoms with Gasteiger partial charge in [0.25, 0.3) is 0 Å². The molecular weight excluding hydrogens is 259 g/mol. The van der Waals surface area contributed by atoms with E-state index in [0.29, 0.717) is 18.9 Å². The van der Waals surface area contributed by atoms with E-state index in [0.717, 1.165) is 31.8 Å². The maximum atomic E-state index is 11.8. The summed E-state index contributed by atoms with van der Waals surface area (Å²) in [7, 11) is 0. The number of nitrogens with two attached hydrogens (primary N) is 1. The van der Waals surface area contributed by atoms with Crippen molar-refractivity contribution in [3.63, 3.8) is 0 Å². The number of rotatable bonds is 5. The van der Waals surface area contributed by atoms with Crippen LogP contribution in [0.5, 0.6) is 0 Å². The van der Waals surface area contributed by atoms with Crippen LogP contribution in [0.4, 0.5) is 13.2 Å². The Morgan fingerprint density at radius 2 is 2.00 bits per heavy atom. The van der Waals surface area contributed by atoms with Crippen molar-refractivity contribution in [2.75, 3.05) is 32.8 Å². The number of aliphatic imine (C=N–C) groups is 1. The first kappa shape index (κ1) is 16.1. The number of hydrogen-bond acceptors (Lipinski definition) is 2. The molecule has 0 spiro atoms. The topological polar surface area (TPSA) is 50.8 Å². The molecule has 1 heterocycles. The van der Waals surface area contributed by atoms with Crippen molar-refractivity contribution in [2.45, 2.75) is 32.4 Å². The van der Waals surface area contributed by atoms with Crippen molar-refractivity contribution in [3.05, 3.63) is 0 Å². The van der Waals surface area contributed by atoms with E-state index in [1.807, 2.05) is 4.90 Å². The largest absolute Gasteiger partial charge is 0.411 e. The highest BCUT2D eigenvalue weighted by molar-refractivity contribution is 5.78. The van der Waals surface area contributed by atoms with Gasteiger partial charge in [-0.3, -0.25) is 4.99 Å². The van der Waals surface area contributed by atoms with Crippen LogP contribution in [0.3, 0.4) is 0 Å². The predicted molar refractivity (Wildman–Crippen MR) is 68.0 cm³/mol. The normalized spacial score (nSPS) is 18.9. The zero-order valence-corrected chi connectivity index (χ0v) is 11.2. The summed E-state index contributed by atoms with van der Waals surface area (Å²) < 4.78 is 39.9. The average molecular weight is 281 g/mol. The van der Waals surface area contributed by atoms with Crippen LogP contribution < -0.4 is 5.73 Å². The average Bonchev–Trinajstić information content (AvgIpc) is 2.33. The Morgan fingerprint density at radius 3 is 2.58 bits per heavy atom. The zero-order chi connectivity index (χ0) is 14.3. The molecule has 1 aliphatic heterocycles. The fourth-order valence-corrected chi connectivity index (χ4v) is 1.89. The zero-order valence-electron chi connectivity index (χ0n) is 11.2. The third kappa shape index (κ3) is 7.25. The second-order valence-corrected chi connectivity index (χ2v) is 4.93. The van der Waals surface area contributed by atoms with E-state index in [-0.39, 0.29) is 6.61 Å². The molecular formula is C12H22F3N3O. The van der Waals surface area contributed by atoms with E-state index in [4.69, 9.17) is 5.73 Å². The maximum Gasteiger partial charge on any atom is 0.411 e. The first-order valence-electron chi connectivity index (χ1n) is 6.58. The van der Waals surface area contributed by atoms with Gasteiger partial charge in [-0.05, 0) is 25.2 Å². The smallest absolute Gasteiger partial charge is 0.372 e. The highest BCUT2D eigenvalue weighted by Gasteiger charge is 2.27. The van der Waals surface area contributed by atoms with Gasteiger partial charge in [0.15, 0.2) is 5.96 Å². The molecule has 0 aromatic carbocycles. The summed E-state index contributed by atoms with van der Waals surface area (Å²) in [6.45, 7) is 3.27. The van der Waals surface area contributed by atoms with Gasteiger partial charge in [-0.2, -0.15) is 13.2 Å². The fraction of sp³-hybridized carbons (Fsp3) is 0.917.